The van der Waals surface area contributed by atoms with Crippen LogP contribution in [-0.4, -0.2) is 30.0 Å². The van der Waals surface area contributed by atoms with Crippen molar-refractivity contribution in [2.75, 3.05) is 20.1 Å². The average molecular weight is 160 g/mol. The molecule has 1 aliphatic rings. The monoisotopic (exact) mass is 160 g/mol. The largest absolute Gasteiger partial charge is 0.298 e. The molecule has 0 aromatic carbocycles. The Morgan fingerprint density at radius 1 is 1.50 bits per heavy atom. The van der Waals surface area contributed by atoms with Crippen molar-refractivity contribution in [2.24, 2.45) is 0 Å². The van der Waals surface area contributed by atoms with Crippen LogP contribution < -0.4 is 0 Å². The first-order valence-electron chi connectivity index (χ1n) is 4.14. The first kappa shape index (κ1) is 7.50. The summed E-state index contributed by atoms with van der Waals surface area (Å²) in [5.74, 6) is 0. The van der Waals surface area contributed by atoms with Crippen LogP contribution in [0.25, 0.3) is 5.57 Å². The zero-order chi connectivity index (χ0) is 8.39. The van der Waals surface area contributed by atoms with E-state index in [1.165, 1.54) is 11.1 Å². The Kier molecular flexibility index (Phi) is 1.92. The van der Waals surface area contributed by atoms with Crippen molar-refractivity contribution >= 4 is 5.57 Å². The van der Waals surface area contributed by atoms with E-state index < -0.39 is 0 Å². The van der Waals surface area contributed by atoms with Crippen LogP contribution in [0.2, 0.25) is 0 Å². The molecule has 12 heavy (non-hydrogen) atoms. The van der Waals surface area contributed by atoms with Gasteiger partial charge < -0.3 is 0 Å². The van der Waals surface area contributed by atoms with Crippen LogP contribution in [0.15, 0.2) is 30.6 Å². The predicted octanol–water partition coefficient (Wildman–Crippen LogP) is 1.41. The van der Waals surface area contributed by atoms with Crippen LogP contribution >= 0.6 is 0 Å². The zero-order valence-corrected chi connectivity index (χ0v) is 7.20. The van der Waals surface area contributed by atoms with E-state index in [1.807, 2.05) is 18.5 Å². The van der Waals surface area contributed by atoms with Crippen molar-refractivity contribution in [1.29, 1.82) is 0 Å². The summed E-state index contributed by atoms with van der Waals surface area (Å²) in [6.07, 6.45) is 5.99. The molecule has 2 nitrogen and oxygen atoms in total. The number of nitrogens with zero attached hydrogens (tertiary/aromatic N) is 2. The first-order valence-corrected chi connectivity index (χ1v) is 4.14. The van der Waals surface area contributed by atoms with Gasteiger partial charge in [0.05, 0.1) is 0 Å². The van der Waals surface area contributed by atoms with Crippen LogP contribution in [-0.2, 0) is 0 Å². The lowest BCUT2D eigenvalue weighted by Crippen LogP contribution is -2.13. The maximum absolute atomic E-state index is 4.09. The number of aromatic nitrogens is 1. The second kappa shape index (κ2) is 3.07. The molecule has 0 fully saturated rings. The van der Waals surface area contributed by atoms with E-state index in [9.17, 15) is 0 Å². The van der Waals surface area contributed by atoms with Gasteiger partial charge in [-0.2, -0.15) is 0 Å². The van der Waals surface area contributed by atoms with Gasteiger partial charge in [-0.25, -0.2) is 0 Å². The van der Waals surface area contributed by atoms with E-state index in [-0.39, 0.29) is 0 Å². The Morgan fingerprint density at radius 3 is 3.00 bits per heavy atom. The molecule has 0 amide bonds. The van der Waals surface area contributed by atoms with Crippen LogP contribution in [0.4, 0.5) is 0 Å². The molecule has 1 aliphatic heterocycles. The normalized spacial score (nSPS) is 17.9. The van der Waals surface area contributed by atoms with Crippen LogP contribution in [0, 0.1) is 0 Å². The summed E-state index contributed by atoms with van der Waals surface area (Å²) >= 11 is 0. The summed E-state index contributed by atoms with van der Waals surface area (Å²) in [4.78, 5) is 6.38. The van der Waals surface area contributed by atoms with Gasteiger partial charge in [-0.3, -0.25) is 9.88 Å². The van der Waals surface area contributed by atoms with E-state index in [2.05, 4.69) is 29.1 Å². The van der Waals surface area contributed by atoms with Crippen LogP contribution in [0.3, 0.4) is 0 Å². The van der Waals surface area contributed by atoms with Gasteiger partial charge in [0.2, 0.25) is 0 Å². The Balaban J connectivity index is 2.22. The van der Waals surface area contributed by atoms with Crippen LogP contribution in [0.5, 0.6) is 0 Å². The number of hydrogen-bond donors (Lipinski definition) is 0. The fourth-order valence-electron chi connectivity index (χ4n) is 1.45. The number of likely N-dealkylation sites (N-methyl/N-ethyl adjacent to an activating group) is 1. The fraction of sp³-hybridized carbons (Fsp3) is 0.300. The second-order valence-corrected chi connectivity index (χ2v) is 3.17. The highest BCUT2D eigenvalue weighted by Gasteiger charge is 2.10. The average Bonchev–Trinajstić information content (AvgIpc) is 2.54. The maximum Gasteiger partial charge on any atom is 0.0343 e. The number of pyridine rings is 1. The zero-order valence-electron chi connectivity index (χ0n) is 7.20. The Morgan fingerprint density at radius 2 is 2.42 bits per heavy atom. The van der Waals surface area contributed by atoms with Gasteiger partial charge in [-0.05, 0) is 24.3 Å². The lowest BCUT2D eigenvalue weighted by atomic mass is 10.1. The molecule has 0 aliphatic carbocycles. The molecule has 0 bridgehead atoms. The summed E-state index contributed by atoms with van der Waals surface area (Å²) in [5.41, 5.74) is 2.65. The third-order valence-electron chi connectivity index (χ3n) is 2.12. The van der Waals surface area contributed by atoms with Crippen molar-refractivity contribution in [3.8, 4) is 0 Å². The minimum atomic E-state index is 1.05. The van der Waals surface area contributed by atoms with Crippen molar-refractivity contribution in [2.45, 2.75) is 0 Å². The molecule has 0 spiro atoms. The van der Waals surface area contributed by atoms with Gasteiger partial charge >= 0.3 is 0 Å². The molecular weight excluding hydrogens is 148 g/mol. The highest BCUT2D eigenvalue weighted by molar-refractivity contribution is 5.68. The molecule has 0 unspecified atom stereocenters. The molecule has 1 aromatic heterocycles. The summed E-state index contributed by atoms with van der Waals surface area (Å²) in [6.45, 7) is 2.11. The van der Waals surface area contributed by atoms with Crippen LogP contribution in [0.1, 0.15) is 5.56 Å². The fourth-order valence-corrected chi connectivity index (χ4v) is 1.45. The third kappa shape index (κ3) is 1.38. The molecule has 2 heterocycles. The summed E-state index contributed by atoms with van der Waals surface area (Å²) in [6, 6.07) is 4.09. The molecule has 2 rings (SSSR count). The third-order valence-corrected chi connectivity index (χ3v) is 2.12. The Hall–Kier alpha value is -1.15. The molecule has 0 N–H and O–H groups in total. The van der Waals surface area contributed by atoms with Gasteiger partial charge in [-0.15, -0.1) is 0 Å². The molecule has 0 radical (unpaired) electrons. The van der Waals surface area contributed by atoms with Crippen molar-refractivity contribution < 1.29 is 0 Å². The molecule has 0 saturated carbocycles. The van der Waals surface area contributed by atoms with Gasteiger partial charge in [0.15, 0.2) is 0 Å². The lowest BCUT2D eigenvalue weighted by molar-refractivity contribution is 0.438. The summed E-state index contributed by atoms with van der Waals surface area (Å²) in [7, 11) is 2.12. The topological polar surface area (TPSA) is 16.1 Å². The van der Waals surface area contributed by atoms with Gasteiger partial charge in [0, 0.05) is 25.5 Å². The smallest absolute Gasteiger partial charge is 0.0343 e. The van der Waals surface area contributed by atoms with E-state index in [1.54, 1.807) is 0 Å². The molecule has 1 aromatic rings. The second-order valence-electron chi connectivity index (χ2n) is 3.17. The number of hydrogen-bond acceptors (Lipinski definition) is 2. The quantitative estimate of drug-likeness (QED) is 0.617. The van der Waals surface area contributed by atoms with Gasteiger partial charge in [0.1, 0.15) is 0 Å². The standard InChI is InChI=1S/C10H12N2/c1-12-6-4-10(8-12)9-3-2-5-11-7-9/h2-5,7H,6,8H2,1H3. The number of rotatable bonds is 1. The molecule has 0 saturated heterocycles. The van der Waals surface area contributed by atoms with E-state index >= 15 is 0 Å². The van der Waals surface area contributed by atoms with Crippen molar-refractivity contribution in [1.82, 2.24) is 9.88 Å². The minimum Gasteiger partial charge on any atom is -0.298 e. The lowest BCUT2D eigenvalue weighted by Gasteiger charge is -2.06. The molecule has 2 heteroatoms. The van der Waals surface area contributed by atoms with Gasteiger partial charge in [-0.1, -0.05) is 12.1 Å². The van der Waals surface area contributed by atoms with E-state index in [0.29, 0.717) is 0 Å². The summed E-state index contributed by atoms with van der Waals surface area (Å²) < 4.78 is 0. The predicted molar refractivity (Wildman–Crippen MR) is 49.7 cm³/mol. The highest BCUT2D eigenvalue weighted by atomic mass is 15.1. The maximum atomic E-state index is 4.09. The van der Waals surface area contributed by atoms with E-state index in [0.717, 1.165) is 13.1 Å². The Labute approximate surface area is 72.5 Å². The van der Waals surface area contributed by atoms with Gasteiger partial charge in [0.25, 0.3) is 0 Å². The summed E-state index contributed by atoms with van der Waals surface area (Å²) in [5, 5.41) is 0. The van der Waals surface area contributed by atoms with Crippen molar-refractivity contribution in [3.05, 3.63) is 36.2 Å². The molecule has 0 atom stereocenters. The Bertz CT molecular complexity index is 290. The van der Waals surface area contributed by atoms with Crippen molar-refractivity contribution in [3.63, 3.8) is 0 Å². The molecular formula is C10H12N2. The minimum absolute atomic E-state index is 1.05. The highest BCUT2D eigenvalue weighted by Crippen LogP contribution is 2.18. The SMILES string of the molecule is CN1CC=C(c2cccnc2)C1. The first-order chi connectivity index (χ1) is 5.86. The van der Waals surface area contributed by atoms with E-state index in [4.69, 9.17) is 0 Å². The molecule has 62 valence electrons.